The topological polar surface area (TPSA) is 40.5 Å². The van der Waals surface area contributed by atoms with E-state index in [0.29, 0.717) is 6.54 Å². The van der Waals surface area contributed by atoms with E-state index in [2.05, 4.69) is 0 Å². The van der Waals surface area contributed by atoms with Crippen LogP contribution in [0.15, 0.2) is 30.3 Å². The number of likely N-dealkylation sites (N-methyl/N-ethyl adjacent to an activating group) is 1. The fourth-order valence-corrected chi connectivity index (χ4v) is 2.16. The predicted molar refractivity (Wildman–Crippen MR) is 73.4 cm³/mol. The Morgan fingerprint density at radius 1 is 1.33 bits per heavy atom. The Hall–Kier alpha value is -1.35. The van der Waals surface area contributed by atoms with Crippen molar-refractivity contribution in [2.75, 3.05) is 13.6 Å². The van der Waals surface area contributed by atoms with E-state index in [1.165, 1.54) is 0 Å². The number of carbonyl (C=O) groups is 1. The van der Waals surface area contributed by atoms with Gasteiger partial charge in [-0.2, -0.15) is 0 Å². The van der Waals surface area contributed by atoms with Gasteiger partial charge in [0.2, 0.25) is 5.91 Å². The molecule has 0 saturated carbocycles. The monoisotopic (exact) mass is 249 g/mol. The van der Waals surface area contributed by atoms with Gasteiger partial charge in [-0.15, -0.1) is 0 Å². The summed E-state index contributed by atoms with van der Waals surface area (Å²) in [5.41, 5.74) is 0.173. The van der Waals surface area contributed by atoms with Crippen molar-refractivity contribution in [1.82, 2.24) is 4.90 Å². The summed E-state index contributed by atoms with van der Waals surface area (Å²) in [5.74, 6) is -0.0654. The van der Waals surface area contributed by atoms with Gasteiger partial charge in [0.05, 0.1) is 11.5 Å². The van der Waals surface area contributed by atoms with Gasteiger partial charge in [0, 0.05) is 13.6 Å². The van der Waals surface area contributed by atoms with Crippen LogP contribution in [0, 0.1) is 0 Å². The average Bonchev–Trinajstić information content (AvgIpc) is 2.29. The Bertz CT molecular complexity index is 381. The van der Waals surface area contributed by atoms with E-state index in [1.54, 1.807) is 25.8 Å². The van der Waals surface area contributed by atoms with Gasteiger partial charge in [-0.3, -0.25) is 4.79 Å². The summed E-state index contributed by atoms with van der Waals surface area (Å²) in [5, 5.41) is 9.77. The first-order chi connectivity index (χ1) is 8.35. The van der Waals surface area contributed by atoms with Crippen molar-refractivity contribution >= 4 is 5.91 Å². The lowest BCUT2D eigenvalue weighted by Gasteiger charge is -2.28. The minimum Gasteiger partial charge on any atom is -0.389 e. The summed E-state index contributed by atoms with van der Waals surface area (Å²) in [4.78, 5) is 14.0. The minimum absolute atomic E-state index is 0.0609. The third-order valence-corrected chi connectivity index (χ3v) is 2.91. The molecule has 1 unspecified atom stereocenters. The first kappa shape index (κ1) is 14.7. The average molecular weight is 249 g/mol. The molecule has 1 N–H and O–H groups in total. The number of nitrogens with zero attached hydrogens (tertiary/aromatic N) is 1. The molecule has 0 aromatic heterocycles. The lowest BCUT2D eigenvalue weighted by molar-refractivity contribution is -0.134. The highest BCUT2D eigenvalue weighted by atomic mass is 16.3. The third kappa shape index (κ3) is 4.15. The first-order valence-corrected chi connectivity index (χ1v) is 6.37. The first-order valence-electron chi connectivity index (χ1n) is 6.37. The molecule has 0 bridgehead atoms. The molecule has 0 aliphatic heterocycles. The molecule has 3 nitrogen and oxygen atoms in total. The quantitative estimate of drug-likeness (QED) is 0.870. The zero-order chi connectivity index (χ0) is 13.8. The lowest BCUT2D eigenvalue weighted by Crippen LogP contribution is -2.41. The molecule has 0 aliphatic rings. The van der Waals surface area contributed by atoms with Crippen molar-refractivity contribution in [3.05, 3.63) is 35.9 Å². The van der Waals surface area contributed by atoms with Crippen molar-refractivity contribution in [2.24, 2.45) is 0 Å². The van der Waals surface area contributed by atoms with Crippen molar-refractivity contribution in [3.63, 3.8) is 0 Å². The van der Waals surface area contributed by atoms with Crippen LogP contribution in [0.4, 0.5) is 0 Å². The molecule has 1 rings (SSSR count). The van der Waals surface area contributed by atoms with Crippen LogP contribution in [0.5, 0.6) is 0 Å². The largest absolute Gasteiger partial charge is 0.389 e. The Labute approximate surface area is 109 Å². The Morgan fingerprint density at radius 2 is 1.89 bits per heavy atom. The van der Waals surface area contributed by atoms with E-state index in [1.807, 2.05) is 37.3 Å². The standard InChI is InChI=1S/C15H23NO2/c1-5-13(12-9-7-6-8-10-12)14(17)16(4)11-15(2,3)18/h6-10,13,18H,5,11H2,1-4H3. The second-order valence-corrected chi connectivity index (χ2v) is 5.38. The smallest absolute Gasteiger partial charge is 0.229 e. The summed E-state index contributed by atoms with van der Waals surface area (Å²) in [6.45, 7) is 5.77. The summed E-state index contributed by atoms with van der Waals surface area (Å²) in [7, 11) is 1.74. The number of rotatable bonds is 5. The molecule has 18 heavy (non-hydrogen) atoms. The summed E-state index contributed by atoms with van der Waals surface area (Å²) in [6.07, 6.45) is 0.763. The van der Waals surface area contributed by atoms with E-state index in [9.17, 15) is 9.90 Å². The second-order valence-electron chi connectivity index (χ2n) is 5.38. The molecule has 1 aromatic carbocycles. The maximum absolute atomic E-state index is 12.4. The van der Waals surface area contributed by atoms with E-state index >= 15 is 0 Å². The summed E-state index contributed by atoms with van der Waals surface area (Å²) < 4.78 is 0. The van der Waals surface area contributed by atoms with Crippen molar-refractivity contribution < 1.29 is 9.90 Å². The van der Waals surface area contributed by atoms with Crippen LogP contribution in [0.3, 0.4) is 0 Å². The van der Waals surface area contributed by atoms with E-state index in [0.717, 1.165) is 12.0 Å². The van der Waals surface area contributed by atoms with Gasteiger partial charge in [-0.05, 0) is 25.8 Å². The highest BCUT2D eigenvalue weighted by molar-refractivity contribution is 5.83. The predicted octanol–water partition coefficient (Wildman–Crippen LogP) is 2.41. The van der Waals surface area contributed by atoms with Crippen LogP contribution in [0.2, 0.25) is 0 Å². The van der Waals surface area contributed by atoms with Crippen molar-refractivity contribution in [2.45, 2.75) is 38.7 Å². The number of hydrogen-bond acceptors (Lipinski definition) is 2. The third-order valence-electron chi connectivity index (χ3n) is 2.91. The SMILES string of the molecule is CCC(C(=O)N(C)CC(C)(C)O)c1ccccc1. The van der Waals surface area contributed by atoms with Gasteiger partial charge in [0.25, 0.3) is 0 Å². The van der Waals surface area contributed by atoms with Gasteiger partial charge in [-0.25, -0.2) is 0 Å². The van der Waals surface area contributed by atoms with E-state index in [4.69, 9.17) is 0 Å². The number of carbonyl (C=O) groups excluding carboxylic acids is 1. The molecule has 3 heteroatoms. The van der Waals surface area contributed by atoms with Crippen LogP contribution in [-0.2, 0) is 4.79 Å². The van der Waals surface area contributed by atoms with Crippen LogP contribution >= 0.6 is 0 Å². The Balaban J connectivity index is 2.80. The van der Waals surface area contributed by atoms with Crippen LogP contribution in [0.25, 0.3) is 0 Å². The second kappa shape index (κ2) is 6.01. The van der Waals surface area contributed by atoms with Crippen LogP contribution < -0.4 is 0 Å². The van der Waals surface area contributed by atoms with Crippen molar-refractivity contribution in [3.8, 4) is 0 Å². The minimum atomic E-state index is -0.862. The molecule has 0 heterocycles. The zero-order valence-electron chi connectivity index (χ0n) is 11.7. The fourth-order valence-electron chi connectivity index (χ4n) is 2.16. The number of hydrogen-bond donors (Lipinski definition) is 1. The molecule has 1 atom stereocenters. The van der Waals surface area contributed by atoms with Gasteiger partial charge >= 0.3 is 0 Å². The van der Waals surface area contributed by atoms with Gasteiger partial charge in [-0.1, -0.05) is 37.3 Å². The molecule has 0 spiro atoms. The van der Waals surface area contributed by atoms with Gasteiger partial charge in [0.1, 0.15) is 0 Å². The molecular formula is C15H23NO2. The van der Waals surface area contributed by atoms with Gasteiger partial charge < -0.3 is 10.0 Å². The lowest BCUT2D eigenvalue weighted by atomic mass is 9.94. The molecule has 0 aliphatic carbocycles. The summed E-state index contributed by atoms with van der Waals surface area (Å²) in [6, 6.07) is 9.79. The summed E-state index contributed by atoms with van der Waals surface area (Å²) >= 11 is 0. The molecular weight excluding hydrogens is 226 g/mol. The molecule has 0 radical (unpaired) electrons. The normalized spacial score (nSPS) is 13.2. The highest BCUT2D eigenvalue weighted by Crippen LogP contribution is 2.22. The van der Waals surface area contributed by atoms with Crippen LogP contribution in [-0.4, -0.2) is 35.1 Å². The number of benzene rings is 1. The molecule has 0 saturated heterocycles. The maximum atomic E-state index is 12.4. The molecule has 100 valence electrons. The fraction of sp³-hybridized carbons (Fsp3) is 0.533. The number of aliphatic hydroxyl groups is 1. The maximum Gasteiger partial charge on any atom is 0.229 e. The Kier molecular flexibility index (Phi) is 4.91. The van der Waals surface area contributed by atoms with Crippen LogP contribution in [0.1, 0.15) is 38.7 Å². The van der Waals surface area contributed by atoms with Crippen molar-refractivity contribution in [1.29, 1.82) is 0 Å². The molecule has 0 fully saturated rings. The highest BCUT2D eigenvalue weighted by Gasteiger charge is 2.25. The van der Waals surface area contributed by atoms with E-state index < -0.39 is 5.60 Å². The molecule has 1 amide bonds. The van der Waals surface area contributed by atoms with E-state index in [-0.39, 0.29) is 11.8 Å². The molecule has 1 aromatic rings. The Morgan fingerprint density at radius 3 is 2.33 bits per heavy atom. The number of amides is 1. The zero-order valence-corrected chi connectivity index (χ0v) is 11.7. The van der Waals surface area contributed by atoms with Gasteiger partial charge in [0.15, 0.2) is 0 Å².